The van der Waals surface area contributed by atoms with E-state index < -0.39 is 0 Å². The molecule has 1 aromatic heterocycles. The molecule has 0 spiro atoms. The fourth-order valence-electron chi connectivity index (χ4n) is 4.97. The Morgan fingerprint density at radius 1 is 0.900 bits per heavy atom. The number of hydrogen-bond acceptors (Lipinski definition) is 4. The SMILES string of the molecule is ClC1=NC(c2cccc3oc4ccccc4c23)NC(C2C=CC3C=CC=CC3C2)N1. The van der Waals surface area contributed by atoms with Crippen LogP contribution in [0, 0.1) is 17.8 Å². The van der Waals surface area contributed by atoms with Gasteiger partial charge in [0.15, 0.2) is 5.29 Å². The molecule has 150 valence electrons. The summed E-state index contributed by atoms with van der Waals surface area (Å²) in [5.74, 6) is 1.36. The Morgan fingerprint density at radius 2 is 1.77 bits per heavy atom. The number of para-hydroxylation sites is 1. The van der Waals surface area contributed by atoms with Gasteiger partial charge in [-0.1, -0.05) is 66.8 Å². The van der Waals surface area contributed by atoms with Crippen molar-refractivity contribution in [1.29, 1.82) is 0 Å². The molecule has 1 aliphatic heterocycles. The molecule has 0 radical (unpaired) electrons. The molecular formula is C25H22ClN3O. The summed E-state index contributed by atoms with van der Waals surface area (Å²) in [4.78, 5) is 4.68. The number of allylic oxidation sites excluding steroid dienone is 5. The van der Waals surface area contributed by atoms with Crippen LogP contribution in [-0.4, -0.2) is 11.5 Å². The van der Waals surface area contributed by atoms with Crippen molar-refractivity contribution < 1.29 is 4.42 Å². The molecule has 3 aromatic rings. The largest absolute Gasteiger partial charge is 0.456 e. The summed E-state index contributed by atoms with van der Waals surface area (Å²) in [5, 5.41) is 9.69. The Kier molecular flexibility index (Phi) is 4.29. The van der Waals surface area contributed by atoms with Gasteiger partial charge in [0.05, 0.1) is 6.17 Å². The average molecular weight is 416 g/mol. The fraction of sp³-hybridized carbons (Fsp3) is 0.240. The molecule has 2 aliphatic carbocycles. The van der Waals surface area contributed by atoms with Crippen molar-refractivity contribution in [3.05, 3.63) is 84.5 Å². The maximum Gasteiger partial charge on any atom is 0.194 e. The Balaban J connectivity index is 1.36. The summed E-state index contributed by atoms with van der Waals surface area (Å²) < 4.78 is 6.06. The zero-order valence-electron chi connectivity index (χ0n) is 16.3. The number of rotatable bonds is 2. The van der Waals surface area contributed by atoms with E-state index in [2.05, 4.69) is 64.2 Å². The molecule has 0 saturated carbocycles. The Hall–Kier alpha value is -2.82. The number of nitrogens with zero attached hydrogens (tertiary/aromatic N) is 1. The van der Waals surface area contributed by atoms with Crippen molar-refractivity contribution in [2.24, 2.45) is 22.7 Å². The molecule has 0 saturated heterocycles. The van der Waals surface area contributed by atoms with E-state index in [1.807, 2.05) is 30.3 Å². The van der Waals surface area contributed by atoms with Crippen molar-refractivity contribution in [2.45, 2.75) is 18.8 Å². The lowest BCUT2D eigenvalue weighted by atomic mass is 9.76. The summed E-state index contributed by atoms with van der Waals surface area (Å²) in [6, 6.07) is 14.3. The number of amidine groups is 1. The lowest BCUT2D eigenvalue weighted by Crippen LogP contribution is -2.54. The van der Waals surface area contributed by atoms with Crippen molar-refractivity contribution in [3.63, 3.8) is 0 Å². The fourth-order valence-corrected chi connectivity index (χ4v) is 5.19. The predicted molar refractivity (Wildman–Crippen MR) is 122 cm³/mol. The van der Waals surface area contributed by atoms with Gasteiger partial charge >= 0.3 is 0 Å². The molecule has 6 rings (SSSR count). The van der Waals surface area contributed by atoms with Crippen LogP contribution in [0.2, 0.25) is 0 Å². The number of benzene rings is 2. The molecule has 4 nitrogen and oxygen atoms in total. The quantitative estimate of drug-likeness (QED) is 0.421. The molecule has 2 heterocycles. The number of fused-ring (bicyclic) bond motifs is 4. The van der Waals surface area contributed by atoms with Gasteiger partial charge in [-0.2, -0.15) is 0 Å². The van der Waals surface area contributed by atoms with E-state index in [-0.39, 0.29) is 12.3 Å². The molecule has 5 atom stereocenters. The van der Waals surface area contributed by atoms with Crippen LogP contribution in [0.5, 0.6) is 0 Å². The van der Waals surface area contributed by atoms with Crippen LogP contribution < -0.4 is 10.6 Å². The highest BCUT2D eigenvalue weighted by molar-refractivity contribution is 6.64. The van der Waals surface area contributed by atoms with Gasteiger partial charge in [-0.05, 0) is 36.1 Å². The number of halogens is 1. The summed E-state index contributed by atoms with van der Waals surface area (Å²) >= 11 is 6.48. The lowest BCUT2D eigenvalue weighted by molar-refractivity contribution is 0.279. The first-order chi connectivity index (χ1) is 14.8. The summed E-state index contributed by atoms with van der Waals surface area (Å²) in [7, 11) is 0. The predicted octanol–water partition coefficient (Wildman–Crippen LogP) is 5.63. The third-order valence-corrected chi connectivity index (χ3v) is 6.64. The third-order valence-electron chi connectivity index (χ3n) is 6.43. The second kappa shape index (κ2) is 7.15. The van der Waals surface area contributed by atoms with Gasteiger partial charge in [0.2, 0.25) is 0 Å². The molecule has 0 amide bonds. The molecule has 5 heteroatoms. The Bertz CT molecular complexity index is 1240. The first-order valence-corrected chi connectivity index (χ1v) is 10.8. The van der Waals surface area contributed by atoms with E-state index in [1.165, 1.54) is 0 Å². The van der Waals surface area contributed by atoms with Gasteiger partial charge < -0.3 is 9.73 Å². The van der Waals surface area contributed by atoms with Gasteiger partial charge in [0.25, 0.3) is 0 Å². The first-order valence-electron chi connectivity index (χ1n) is 10.5. The average Bonchev–Trinajstić information content (AvgIpc) is 3.17. The molecule has 30 heavy (non-hydrogen) atoms. The van der Waals surface area contributed by atoms with E-state index in [0.29, 0.717) is 23.0 Å². The highest BCUT2D eigenvalue weighted by atomic mass is 35.5. The number of aliphatic imine (C=N–C) groups is 1. The van der Waals surface area contributed by atoms with Crippen LogP contribution in [-0.2, 0) is 0 Å². The molecular weight excluding hydrogens is 394 g/mol. The third kappa shape index (κ3) is 2.99. The van der Waals surface area contributed by atoms with Gasteiger partial charge in [-0.3, -0.25) is 5.32 Å². The normalized spacial score (nSPS) is 30.3. The monoisotopic (exact) mass is 415 g/mol. The smallest absolute Gasteiger partial charge is 0.194 e. The van der Waals surface area contributed by atoms with Crippen LogP contribution in [0.15, 0.2) is 88.3 Å². The highest BCUT2D eigenvalue weighted by Gasteiger charge is 2.33. The van der Waals surface area contributed by atoms with Crippen molar-refractivity contribution in [1.82, 2.24) is 10.6 Å². The van der Waals surface area contributed by atoms with E-state index in [4.69, 9.17) is 16.0 Å². The second-order valence-electron chi connectivity index (χ2n) is 8.23. The van der Waals surface area contributed by atoms with E-state index in [0.717, 1.165) is 33.9 Å². The van der Waals surface area contributed by atoms with E-state index in [1.54, 1.807) is 0 Å². The van der Waals surface area contributed by atoms with Crippen LogP contribution in [0.1, 0.15) is 18.2 Å². The first kappa shape index (κ1) is 18.0. The summed E-state index contributed by atoms with van der Waals surface area (Å²) in [6.45, 7) is 0. The van der Waals surface area contributed by atoms with Gasteiger partial charge in [-0.15, -0.1) is 0 Å². The maximum absolute atomic E-state index is 6.48. The van der Waals surface area contributed by atoms with Gasteiger partial charge in [0.1, 0.15) is 17.3 Å². The van der Waals surface area contributed by atoms with Crippen LogP contribution in [0.3, 0.4) is 0 Å². The molecule has 5 unspecified atom stereocenters. The number of nitrogens with one attached hydrogen (secondary N) is 2. The van der Waals surface area contributed by atoms with Crippen LogP contribution in [0.4, 0.5) is 0 Å². The van der Waals surface area contributed by atoms with Crippen molar-refractivity contribution >= 4 is 38.8 Å². The van der Waals surface area contributed by atoms with Gasteiger partial charge in [0, 0.05) is 28.2 Å². The zero-order valence-corrected chi connectivity index (χ0v) is 17.1. The molecule has 2 aromatic carbocycles. The number of hydrogen-bond donors (Lipinski definition) is 2. The van der Waals surface area contributed by atoms with Crippen LogP contribution in [0.25, 0.3) is 21.9 Å². The summed E-state index contributed by atoms with van der Waals surface area (Å²) in [5.41, 5.74) is 2.84. The molecule has 0 bridgehead atoms. The second-order valence-corrected chi connectivity index (χ2v) is 8.58. The minimum Gasteiger partial charge on any atom is -0.456 e. The standard InChI is InChI=1S/C25H22ClN3O/c26-25-28-23(17-13-12-15-6-1-2-7-16(15)14-17)27-24(29-25)19-9-5-11-21-22(19)18-8-3-4-10-20(18)30-21/h1-13,15-17,23-24,27H,14H2,(H,28,29). The van der Waals surface area contributed by atoms with Crippen molar-refractivity contribution in [2.75, 3.05) is 0 Å². The van der Waals surface area contributed by atoms with E-state index in [9.17, 15) is 0 Å². The zero-order chi connectivity index (χ0) is 20.1. The van der Waals surface area contributed by atoms with Crippen LogP contribution >= 0.6 is 11.6 Å². The maximum atomic E-state index is 6.48. The molecule has 2 N–H and O–H groups in total. The minimum absolute atomic E-state index is 0.0185. The molecule has 0 fully saturated rings. The van der Waals surface area contributed by atoms with E-state index >= 15 is 0 Å². The topological polar surface area (TPSA) is 49.6 Å². The van der Waals surface area contributed by atoms with Gasteiger partial charge in [-0.25, -0.2) is 4.99 Å². The highest BCUT2D eigenvalue weighted by Crippen LogP contribution is 2.37. The Labute approximate surface area is 180 Å². The minimum atomic E-state index is -0.235. The lowest BCUT2D eigenvalue weighted by Gasteiger charge is -2.38. The number of furan rings is 1. The Morgan fingerprint density at radius 3 is 2.73 bits per heavy atom. The molecule has 3 aliphatic rings. The summed E-state index contributed by atoms with van der Waals surface area (Å²) in [6.07, 6.45) is 14.4. The van der Waals surface area contributed by atoms with Crippen molar-refractivity contribution in [3.8, 4) is 0 Å².